The lowest BCUT2D eigenvalue weighted by Gasteiger charge is -2.17. The van der Waals surface area contributed by atoms with Gasteiger partial charge in [0, 0.05) is 10.9 Å². The van der Waals surface area contributed by atoms with E-state index >= 15 is 0 Å². The molecule has 1 aromatic carbocycles. The van der Waals surface area contributed by atoms with Gasteiger partial charge in [-0.25, -0.2) is 9.82 Å². The van der Waals surface area contributed by atoms with Crippen molar-refractivity contribution < 1.29 is 18.3 Å². The van der Waals surface area contributed by atoms with Gasteiger partial charge in [-0.15, -0.1) is 0 Å². The van der Waals surface area contributed by atoms with Gasteiger partial charge in [-0.05, 0) is 32.0 Å². The van der Waals surface area contributed by atoms with Crippen LogP contribution >= 0.6 is 0 Å². The summed E-state index contributed by atoms with van der Waals surface area (Å²) in [6.07, 6.45) is 0. The number of furan rings is 1. The maximum atomic E-state index is 12.9. The van der Waals surface area contributed by atoms with E-state index < -0.39 is 12.1 Å². The molecule has 5 nitrogen and oxygen atoms in total. The molecule has 0 fully saturated rings. The third kappa shape index (κ3) is 1.90. The number of amides is 1. The van der Waals surface area contributed by atoms with Crippen molar-refractivity contribution in [1.82, 2.24) is 5.43 Å². The summed E-state index contributed by atoms with van der Waals surface area (Å²) >= 11 is 0. The second-order valence-corrected chi connectivity index (χ2v) is 5.43. The molecule has 6 heteroatoms. The summed E-state index contributed by atoms with van der Waals surface area (Å²) in [7, 11) is 1.52. The molecular formula is C15H15FN2O3. The van der Waals surface area contributed by atoms with Gasteiger partial charge < -0.3 is 9.15 Å². The van der Waals surface area contributed by atoms with Crippen LogP contribution in [0.5, 0.6) is 5.75 Å². The van der Waals surface area contributed by atoms with Gasteiger partial charge in [0.2, 0.25) is 0 Å². The highest BCUT2D eigenvalue weighted by Crippen LogP contribution is 2.36. The van der Waals surface area contributed by atoms with Crippen LogP contribution in [-0.2, 0) is 11.5 Å². The second kappa shape index (κ2) is 4.58. The van der Waals surface area contributed by atoms with E-state index in [1.54, 1.807) is 32.0 Å². The summed E-state index contributed by atoms with van der Waals surface area (Å²) in [5.41, 5.74) is 3.53. The van der Waals surface area contributed by atoms with Crippen LogP contribution in [0.2, 0.25) is 0 Å². The maximum absolute atomic E-state index is 12.9. The number of fused-ring (bicyclic) bond motifs is 1. The lowest BCUT2D eigenvalue weighted by atomic mass is 9.83. The number of alkyl halides is 1. The third-order valence-corrected chi connectivity index (χ3v) is 3.73. The van der Waals surface area contributed by atoms with E-state index in [1.807, 2.05) is 0 Å². The molecule has 1 aromatic heterocycles. The van der Waals surface area contributed by atoms with Gasteiger partial charge in [-0.1, -0.05) is 0 Å². The Hall–Kier alpha value is -2.37. The van der Waals surface area contributed by atoms with Crippen molar-refractivity contribution >= 4 is 22.6 Å². The van der Waals surface area contributed by atoms with E-state index in [-0.39, 0.29) is 11.7 Å². The number of hydrazone groups is 1. The van der Waals surface area contributed by atoms with Gasteiger partial charge in [0.15, 0.2) is 11.3 Å². The van der Waals surface area contributed by atoms with Gasteiger partial charge >= 0.3 is 0 Å². The molecular weight excluding hydrogens is 275 g/mol. The predicted molar refractivity (Wildman–Crippen MR) is 76.0 cm³/mol. The molecule has 2 aromatic rings. The number of carbonyl (C=O) groups is 1. The first-order valence-corrected chi connectivity index (χ1v) is 6.53. The summed E-state index contributed by atoms with van der Waals surface area (Å²) in [5, 5.41) is 4.81. The van der Waals surface area contributed by atoms with Gasteiger partial charge in [-0.2, -0.15) is 5.10 Å². The first kappa shape index (κ1) is 13.6. The number of hydrogen-bond donors (Lipinski definition) is 1. The van der Waals surface area contributed by atoms with Crippen molar-refractivity contribution in [2.24, 2.45) is 10.5 Å². The van der Waals surface area contributed by atoms with E-state index in [1.165, 1.54) is 7.11 Å². The van der Waals surface area contributed by atoms with E-state index in [0.29, 0.717) is 22.4 Å². The first-order chi connectivity index (χ1) is 9.98. The molecule has 1 aliphatic rings. The summed E-state index contributed by atoms with van der Waals surface area (Å²) < 4.78 is 23.6. The summed E-state index contributed by atoms with van der Waals surface area (Å²) in [5.74, 6) is 0.561. The fraction of sp³-hybridized carbons (Fsp3) is 0.333. The Morgan fingerprint density at radius 2 is 2.19 bits per heavy atom. The number of benzene rings is 1. The van der Waals surface area contributed by atoms with Crippen LogP contribution in [-0.4, -0.2) is 18.7 Å². The minimum atomic E-state index is -0.755. The van der Waals surface area contributed by atoms with Crippen LogP contribution in [0.4, 0.5) is 4.39 Å². The molecule has 0 bridgehead atoms. The van der Waals surface area contributed by atoms with Crippen molar-refractivity contribution in [3.8, 4) is 5.75 Å². The van der Waals surface area contributed by atoms with Crippen molar-refractivity contribution in [3.05, 3.63) is 29.5 Å². The Morgan fingerprint density at radius 1 is 1.43 bits per heavy atom. The topological polar surface area (TPSA) is 63.8 Å². The fourth-order valence-electron chi connectivity index (χ4n) is 2.47. The first-order valence-electron chi connectivity index (χ1n) is 6.53. The fourth-order valence-corrected chi connectivity index (χ4v) is 2.47. The zero-order chi connectivity index (χ0) is 15.2. The maximum Gasteiger partial charge on any atom is 0.251 e. The highest BCUT2D eigenvalue weighted by atomic mass is 19.1. The van der Waals surface area contributed by atoms with Crippen LogP contribution in [0.15, 0.2) is 27.7 Å². The molecule has 1 amide bonds. The van der Waals surface area contributed by atoms with Crippen LogP contribution in [0, 0.1) is 5.41 Å². The molecule has 0 aliphatic carbocycles. The van der Waals surface area contributed by atoms with Gasteiger partial charge in [-0.3, -0.25) is 4.79 Å². The minimum absolute atomic E-state index is 0.171. The number of carbonyl (C=O) groups excluding carboxylic acids is 1. The smallest absolute Gasteiger partial charge is 0.251 e. The quantitative estimate of drug-likeness (QED) is 0.945. The number of nitrogens with zero attached hydrogens (tertiary/aromatic N) is 1. The Labute approximate surface area is 120 Å². The summed E-state index contributed by atoms with van der Waals surface area (Å²) in [6, 6.07) is 5.15. The molecule has 1 N–H and O–H groups in total. The van der Waals surface area contributed by atoms with Crippen molar-refractivity contribution in [2.45, 2.75) is 20.5 Å². The number of rotatable bonds is 3. The largest absolute Gasteiger partial charge is 0.493 e. The highest BCUT2D eigenvalue weighted by Gasteiger charge is 2.40. The standard InChI is InChI=1S/C15H15FN2O3/c1-15(2)13(17-18-14(15)19)9-4-5-11(20-3)12-10(9)6-8(7-16)21-12/h4-6H,7H2,1-3H3,(H,18,19). The van der Waals surface area contributed by atoms with Gasteiger partial charge in [0.05, 0.1) is 18.2 Å². The highest BCUT2D eigenvalue weighted by molar-refractivity contribution is 6.23. The average molecular weight is 290 g/mol. The number of hydrogen-bond acceptors (Lipinski definition) is 4. The Bertz CT molecular complexity index is 762. The SMILES string of the molecule is COc1ccc(C2=NNC(=O)C2(C)C)c2cc(CF)oc12. The molecule has 21 heavy (non-hydrogen) atoms. The molecule has 3 rings (SSSR count). The summed E-state index contributed by atoms with van der Waals surface area (Å²) in [4.78, 5) is 11.9. The van der Waals surface area contributed by atoms with E-state index in [0.717, 1.165) is 5.56 Å². The molecule has 0 spiro atoms. The van der Waals surface area contributed by atoms with E-state index in [9.17, 15) is 9.18 Å². The monoisotopic (exact) mass is 290 g/mol. The Morgan fingerprint density at radius 3 is 2.76 bits per heavy atom. The van der Waals surface area contributed by atoms with Crippen molar-refractivity contribution in [2.75, 3.05) is 7.11 Å². The lowest BCUT2D eigenvalue weighted by Crippen LogP contribution is -2.32. The lowest BCUT2D eigenvalue weighted by molar-refractivity contribution is -0.125. The number of ether oxygens (including phenoxy) is 1. The van der Waals surface area contributed by atoms with Gasteiger partial charge in [0.25, 0.3) is 5.91 Å². The third-order valence-electron chi connectivity index (χ3n) is 3.73. The molecule has 0 saturated heterocycles. The van der Waals surface area contributed by atoms with Crippen LogP contribution in [0.1, 0.15) is 25.2 Å². The predicted octanol–water partition coefficient (Wildman–Crippen LogP) is 2.77. The zero-order valence-corrected chi connectivity index (χ0v) is 12.0. The second-order valence-electron chi connectivity index (χ2n) is 5.43. The Kier molecular flexibility index (Phi) is 2.97. The summed E-state index contributed by atoms with van der Waals surface area (Å²) in [6.45, 7) is 2.88. The van der Waals surface area contributed by atoms with E-state index in [4.69, 9.17) is 9.15 Å². The van der Waals surface area contributed by atoms with Crippen LogP contribution in [0.25, 0.3) is 11.0 Å². The molecule has 0 radical (unpaired) electrons. The Balaban J connectivity index is 2.25. The number of halogens is 1. The zero-order valence-electron chi connectivity index (χ0n) is 12.0. The molecule has 0 atom stereocenters. The molecule has 0 saturated carbocycles. The van der Waals surface area contributed by atoms with E-state index in [2.05, 4.69) is 10.5 Å². The normalized spacial score (nSPS) is 17.0. The number of nitrogens with one attached hydrogen (secondary N) is 1. The van der Waals surface area contributed by atoms with Gasteiger partial charge in [0.1, 0.15) is 12.4 Å². The number of methoxy groups -OCH3 is 1. The average Bonchev–Trinajstić information content (AvgIpc) is 3.01. The molecule has 110 valence electrons. The molecule has 1 aliphatic heterocycles. The molecule has 0 unspecified atom stereocenters. The minimum Gasteiger partial charge on any atom is -0.493 e. The molecule has 2 heterocycles. The van der Waals surface area contributed by atoms with Crippen molar-refractivity contribution in [1.29, 1.82) is 0 Å². The van der Waals surface area contributed by atoms with Crippen LogP contribution < -0.4 is 10.2 Å². The van der Waals surface area contributed by atoms with Crippen LogP contribution in [0.3, 0.4) is 0 Å². The van der Waals surface area contributed by atoms with Crippen molar-refractivity contribution in [3.63, 3.8) is 0 Å².